The Hall–Kier alpha value is -3.32. The predicted octanol–water partition coefficient (Wildman–Crippen LogP) is 2.64. The van der Waals surface area contributed by atoms with Gasteiger partial charge in [0.25, 0.3) is 11.8 Å². The summed E-state index contributed by atoms with van der Waals surface area (Å²) in [6.07, 6.45) is 4.05. The predicted molar refractivity (Wildman–Crippen MR) is 113 cm³/mol. The number of benzene rings is 1. The van der Waals surface area contributed by atoms with Gasteiger partial charge in [0.2, 0.25) is 0 Å². The molecule has 30 heavy (non-hydrogen) atoms. The lowest BCUT2D eigenvalue weighted by molar-refractivity contribution is 0.0789. The van der Waals surface area contributed by atoms with Crippen molar-refractivity contribution < 1.29 is 14.3 Å². The van der Waals surface area contributed by atoms with Gasteiger partial charge in [-0.1, -0.05) is 18.2 Å². The number of amides is 2. The molecule has 0 unspecified atom stereocenters. The van der Waals surface area contributed by atoms with Crippen molar-refractivity contribution in [1.29, 1.82) is 0 Å². The second-order valence-corrected chi connectivity index (χ2v) is 7.34. The van der Waals surface area contributed by atoms with Crippen molar-refractivity contribution in [2.45, 2.75) is 12.3 Å². The normalized spacial score (nSPS) is 16.0. The van der Waals surface area contributed by atoms with Crippen LogP contribution in [0, 0.1) is 0 Å². The van der Waals surface area contributed by atoms with E-state index in [2.05, 4.69) is 10.3 Å². The number of methoxy groups -OCH3 is 1. The van der Waals surface area contributed by atoms with Crippen LogP contribution in [0.2, 0.25) is 0 Å². The molecule has 4 rings (SSSR count). The monoisotopic (exact) mass is 404 g/mol. The zero-order valence-corrected chi connectivity index (χ0v) is 16.9. The zero-order chi connectivity index (χ0) is 20.9. The summed E-state index contributed by atoms with van der Waals surface area (Å²) in [5.74, 6) is -0.0853. The van der Waals surface area contributed by atoms with Gasteiger partial charge in [-0.2, -0.15) is 0 Å². The first-order valence-electron chi connectivity index (χ1n) is 10.0. The summed E-state index contributed by atoms with van der Waals surface area (Å²) in [7, 11) is 1.60. The van der Waals surface area contributed by atoms with Gasteiger partial charge in [0.15, 0.2) is 0 Å². The molecule has 0 saturated carbocycles. The fourth-order valence-corrected chi connectivity index (χ4v) is 3.81. The average Bonchev–Trinajstić information content (AvgIpc) is 3.29. The smallest absolute Gasteiger partial charge is 0.255 e. The van der Waals surface area contributed by atoms with Crippen molar-refractivity contribution in [2.24, 2.45) is 0 Å². The third-order valence-electron chi connectivity index (χ3n) is 5.37. The van der Waals surface area contributed by atoms with Crippen LogP contribution in [0.25, 0.3) is 10.9 Å². The molecule has 0 spiro atoms. The highest BCUT2D eigenvalue weighted by molar-refractivity contribution is 6.06. The molecule has 0 bridgehead atoms. The molecule has 3 heterocycles. The topological polar surface area (TPSA) is 84.4 Å². The molecule has 3 aromatic rings. The lowest BCUT2D eigenvalue weighted by Crippen LogP contribution is -2.29. The highest BCUT2D eigenvalue weighted by Crippen LogP contribution is 2.30. The Morgan fingerprint density at radius 3 is 2.90 bits per heavy atom. The average molecular weight is 404 g/mol. The van der Waals surface area contributed by atoms with Crippen LogP contribution in [0.15, 0.2) is 54.9 Å². The SMILES string of the molecule is COCCNC(=O)c1cc([C@H]2CCN(C(=O)c3cccnc3)C2)nc2ccccc12. The molecule has 154 valence electrons. The van der Waals surface area contributed by atoms with Gasteiger partial charge in [0.1, 0.15) is 0 Å². The van der Waals surface area contributed by atoms with Crippen molar-refractivity contribution in [1.82, 2.24) is 20.2 Å². The number of para-hydroxylation sites is 1. The van der Waals surface area contributed by atoms with E-state index in [-0.39, 0.29) is 17.7 Å². The van der Waals surface area contributed by atoms with Crippen LogP contribution in [0.1, 0.15) is 38.7 Å². The van der Waals surface area contributed by atoms with Gasteiger partial charge in [-0.3, -0.25) is 19.6 Å². The lowest BCUT2D eigenvalue weighted by atomic mass is 9.99. The summed E-state index contributed by atoms with van der Waals surface area (Å²) in [4.78, 5) is 36.2. The van der Waals surface area contributed by atoms with E-state index in [1.165, 1.54) is 0 Å². The molecule has 1 aliphatic heterocycles. The third-order valence-corrected chi connectivity index (χ3v) is 5.37. The summed E-state index contributed by atoms with van der Waals surface area (Å²) in [5, 5.41) is 3.71. The van der Waals surface area contributed by atoms with Crippen molar-refractivity contribution in [3.05, 3.63) is 71.7 Å². The number of carbonyl (C=O) groups excluding carboxylic acids is 2. The summed E-state index contributed by atoms with van der Waals surface area (Å²) < 4.78 is 5.02. The van der Waals surface area contributed by atoms with Gasteiger partial charge in [0, 0.05) is 56.1 Å². The molecule has 2 amide bonds. The minimum Gasteiger partial charge on any atom is -0.383 e. The number of nitrogens with one attached hydrogen (secondary N) is 1. The van der Waals surface area contributed by atoms with Crippen LogP contribution in [0.5, 0.6) is 0 Å². The van der Waals surface area contributed by atoms with Crippen molar-refractivity contribution in [2.75, 3.05) is 33.4 Å². The standard InChI is InChI=1S/C23H24N4O3/c1-30-12-10-25-22(28)19-13-21(26-20-7-3-2-6-18(19)20)17-8-11-27(15-17)23(29)16-5-4-9-24-14-16/h2-7,9,13-14,17H,8,10-12,15H2,1H3,(H,25,28)/t17-/m0/s1. The molecule has 1 aromatic carbocycles. The fraction of sp³-hybridized carbons (Fsp3) is 0.304. The van der Waals surface area contributed by atoms with E-state index < -0.39 is 0 Å². The lowest BCUT2D eigenvalue weighted by Gasteiger charge is -2.17. The Morgan fingerprint density at radius 1 is 1.23 bits per heavy atom. The number of pyridine rings is 2. The van der Waals surface area contributed by atoms with Gasteiger partial charge in [0.05, 0.1) is 23.3 Å². The maximum Gasteiger partial charge on any atom is 0.255 e. The first kappa shape index (κ1) is 20.0. The van der Waals surface area contributed by atoms with Gasteiger partial charge in [-0.25, -0.2) is 0 Å². The summed E-state index contributed by atoms with van der Waals surface area (Å²) in [5.41, 5.74) is 2.81. The van der Waals surface area contributed by atoms with Crippen molar-refractivity contribution in [3.8, 4) is 0 Å². The first-order chi connectivity index (χ1) is 14.7. The minimum absolute atomic E-state index is 0.0241. The van der Waals surface area contributed by atoms with Crippen LogP contribution in [-0.2, 0) is 4.74 Å². The van der Waals surface area contributed by atoms with Crippen LogP contribution in [0.4, 0.5) is 0 Å². The highest BCUT2D eigenvalue weighted by atomic mass is 16.5. The molecule has 1 N–H and O–H groups in total. The van der Waals surface area contributed by atoms with E-state index >= 15 is 0 Å². The second-order valence-electron chi connectivity index (χ2n) is 7.34. The maximum absolute atomic E-state index is 12.8. The molecule has 1 atom stereocenters. The Morgan fingerprint density at radius 2 is 2.10 bits per heavy atom. The van der Waals surface area contributed by atoms with E-state index in [4.69, 9.17) is 9.72 Å². The zero-order valence-electron chi connectivity index (χ0n) is 16.9. The van der Waals surface area contributed by atoms with E-state index in [1.807, 2.05) is 35.2 Å². The molecule has 7 heteroatoms. The Bertz CT molecular complexity index is 1050. The van der Waals surface area contributed by atoms with Gasteiger partial charge < -0.3 is 15.0 Å². The van der Waals surface area contributed by atoms with Gasteiger partial charge in [-0.05, 0) is 30.7 Å². The van der Waals surface area contributed by atoms with Gasteiger partial charge >= 0.3 is 0 Å². The number of rotatable bonds is 6. The van der Waals surface area contributed by atoms with Gasteiger partial charge in [-0.15, -0.1) is 0 Å². The van der Waals surface area contributed by atoms with Crippen molar-refractivity contribution in [3.63, 3.8) is 0 Å². The number of nitrogens with zero attached hydrogens (tertiary/aromatic N) is 3. The van der Waals surface area contributed by atoms with E-state index in [0.29, 0.717) is 37.4 Å². The largest absolute Gasteiger partial charge is 0.383 e. The number of aromatic nitrogens is 2. The molecule has 1 saturated heterocycles. The first-order valence-corrected chi connectivity index (χ1v) is 10.0. The molecule has 1 fully saturated rings. The Balaban J connectivity index is 1.58. The van der Waals surface area contributed by atoms with E-state index in [9.17, 15) is 9.59 Å². The number of ether oxygens (including phenoxy) is 1. The highest BCUT2D eigenvalue weighted by Gasteiger charge is 2.30. The number of hydrogen-bond acceptors (Lipinski definition) is 5. The molecule has 7 nitrogen and oxygen atoms in total. The van der Waals surface area contributed by atoms with E-state index in [1.54, 1.807) is 31.6 Å². The quantitative estimate of drug-likeness (QED) is 0.639. The third kappa shape index (κ3) is 4.16. The van der Waals surface area contributed by atoms with Crippen LogP contribution < -0.4 is 5.32 Å². The molecule has 0 radical (unpaired) electrons. The fourth-order valence-electron chi connectivity index (χ4n) is 3.81. The number of hydrogen-bond donors (Lipinski definition) is 1. The van der Waals surface area contributed by atoms with Crippen LogP contribution in [0.3, 0.4) is 0 Å². The summed E-state index contributed by atoms with van der Waals surface area (Å²) in [6, 6.07) is 13.0. The number of fused-ring (bicyclic) bond motifs is 1. The molecular weight excluding hydrogens is 380 g/mol. The molecule has 2 aromatic heterocycles. The number of carbonyl (C=O) groups is 2. The number of likely N-dealkylation sites (tertiary alicyclic amines) is 1. The van der Waals surface area contributed by atoms with E-state index in [0.717, 1.165) is 23.0 Å². The second kappa shape index (κ2) is 9.00. The summed E-state index contributed by atoms with van der Waals surface area (Å²) in [6.45, 7) is 2.12. The van der Waals surface area contributed by atoms with Crippen molar-refractivity contribution >= 4 is 22.7 Å². The Kier molecular flexibility index (Phi) is 5.99. The van der Waals surface area contributed by atoms with Crippen LogP contribution in [-0.4, -0.2) is 60.0 Å². The molecule has 0 aliphatic carbocycles. The minimum atomic E-state index is -0.145. The van der Waals surface area contributed by atoms with Crippen LogP contribution >= 0.6 is 0 Å². The summed E-state index contributed by atoms with van der Waals surface area (Å²) >= 11 is 0. The Labute approximate surface area is 175 Å². The maximum atomic E-state index is 12.8. The molecule has 1 aliphatic rings. The molecular formula is C23H24N4O3.